The van der Waals surface area contributed by atoms with Crippen LogP contribution in [-0.2, 0) is 17.8 Å². The van der Waals surface area contributed by atoms with Crippen LogP contribution in [0.1, 0.15) is 28.9 Å². The van der Waals surface area contributed by atoms with Gasteiger partial charge in [0.1, 0.15) is 5.82 Å². The summed E-state index contributed by atoms with van der Waals surface area (Å²) >= 11 is 0. The van der Waals surface area contributed by atoms with Crippen LogP contribution < -0.4 is 5.73 Å². The van der Waals surface area contributed by atoms with Crippen LogP contribution in [0.5, 0.6) is 0 Å². The van der Waals surface area contributed by atoms with Crippen molar-refractivity contribution >= 4 is 18.3 Å². The molecule has 2 aromatic carbocycles. The Morgan fingerprint density at radius 2 is 1.77 bits per heavy atom. The highest BCUT2D eigenvalue weighted by molar-refractivity contribution is 5.85. The molecule has 0 atom stereocenters. The summed E-state index contributed by atoms with van der Waals surface area (Å²) in [5.74, 6) is -0.241. The molecule has 0 fully saturated rings. The van der Waals surface area contributed by atoms with E-state index in [2.05, 4.69) is 5.10 Å². The van der Waals surface area contributed by atoms with E-state index in [1.54, 1.807) is 16.8 Å². The quantitative estimate of drug-likeness (QED) is 0.588. The Morgan fingerprint density at radius 3 is 2.40 bits per heavy atom. The molecule has 160 valence electrons. The molecule has 1 aromatic heterocycles. The fourth-order valence-electron chi connectivity index (χ4n) is 3.41. The Labute approximate surface area is 183 Å². The van der Waals surface area contributed by atoms with Crippen LogP contribution in [0.3, 0.4) is 0 Å². The van der Waals surface area contributed by atoms with Gasteiger partial charge in [-0.1, -0.05) is 30.3 Å². The highest BCUT2D eigenvalue weighted by Gasteiger charge is 2.20. The number of aromatic nitrogens is 2. The van der Waals surface area contributed by atoms with Crippen molar-refractivity contribution in [3.63, 3.8) is 0 Å². The molecule has 0 spiro atoms. The van der Waals surface area contributed by atoms with Gasteiger partial charge in [0.05, 0.1) is 17.8 Å². The lowest BCUT2D eigenvalue weighted by molar-refractivity contribution is -0.131. The number of nitrogens with two attached hydrogens (primary N) is 1. The Hall–Kier alpha value is -2.70. The first-order valence-corrected chi connectivity index (χ1v) is 9.82. The molecular formula is C23H28ClFN4O. The predicted octanol–water partition coefficient (Wildman–Crippen LogP) is 3.97. The SMILES string of the molecule is Cc1nn(-c2ccc(F)cc2)c(C)c1CC(=O)N(CCCN)Cc1ccccc1.Cl. The molecule has 0 saturated heterocycles. The monoisotopic (exact) mass is 430 g/mol. The number of carbonyl (C=O) groups is 1. The van der Waals surface area contributed by atoms with Crippen molar-refractivity contribution in [2.24, 2.45) is 5.73 Å². The van der Waals surface area contributed by atoms with Gasteiger partial charge in [0.2, 0.25) is 5.91 Å². The molecule has 1 amide bonds. The maximum absolute atomic E-state index is 13.2. The third-order valence-electron chi connectivity index (χ3n) is 5.04. The summed E-state index contributed by atoms with van der Waals surface area (Å²) in [7, 11) is 0. The molecule has 1 heterocycles. The molecule has 30 heavy (non-hydrogen) atoms. The van der Waals surface area contributed by atoms with Gasteiger partial charge in [-0.05, 0) is 56.6 Å². The summed E-state index contributed by atoms with van der Waals surface area (Å²) in [6.45, 7) is 5.56. The minimum Gasteiger partial charge on any atom is -0.338 e. The van der Waals surface area contributed by atoms with Crippen LogP contribution in [0.4, 0.5) is 4.39 Å². The first-order chi connectivity index (χ1) is 14.0. The molecule has 5 nitrogen and oxygen atoms in total. The van der Waals surface area contributed by atoms with Gasteiger partial charge >= 0.3 is 0 Å². The van der Waals surface area contributed by atoms with Crippen molar-refractivity contribution in [2.45, 2.75) is 33.2 Å². The average Bonchev–Trinajstić information content (AvgIpc) is 3.00. The van der Waals surface area contributed by atoms with Gasteiger partial charge in [0.15, 0.2) is 0 Å². The number of benzene rings is 2. The molecule has 0 radical (unpaired) electrons. The molecule has 7 heteroatoms. The van der Waals surface area contributed by atoms with Crippen molar-refractivity contribution in [1.82, 2.24) is 14.7 Å². The van der Waals surface area contributed by atoms with Crippen LogP contribution in [0.2, 0.25) is 0 Å². The minimum atomic E-state index is -0.290. The number of hydrogen-bond acceptors (Lipinski definition) is 3. The third kappa shape index (κ3) is 5.68. The maximum atomic E-state index is 13.2. The van der Waals surface area contributed by atoms with E-state index >= 15 is 0 Å². The molecule has 3 aromatic rings. The zero-order valence-electron chi connectivity index (χ0n) is 17.3. The lowest BCUT2D eigenvalue weighted by Gasteiger charge is -2.23. The standard InChI is InChI=1S/C23H27FN4O.ClH/c1-17-22(18(2)28(26-17)21-11-9-20(24)10-12-21)15-23(29)27(14-6-13-25)16-19-7-4-3-5-8-19;/h3-5,7-12H,6,13-16,25H2,1-2H3;1H. The first-order valence-electron chi connectivity index (χ1n) is 9.82. The van der Waals surface area contributed by atoms with Crippen LogP contribution in [0.15, 0.2) is 54.6 Å². The molecular weight excluding hydrogens is 403 g/mol. The molecule has 0 aliphatic heterocycles. The number of rotatable bonds is 8. The second-order valence-corrected chi connectivity index (χ2v) is 7.16. The van der Waals surface area contributed by atoms with Gasteiger partial charge < -0.3 is 10.6 Å². The summed E-state index contributed by atoms with van der Waals surface area (Å²) in [5, 5.41) is 4.57. The van der Waals surface area contributed by atoms with E-state index in [9.17, 15) is 9.18 Å². The molecule has 0 aliphatic rings. The number of aryl methyl sites for hydroxylation is 1. The zero-order valence-corrected chi connectivity index (χ0v) is 18.2. The highest BCUT2D eigenvalue weighted by Crippen LogP contribution is 2.20. The van der Waals surface area contributed by atoms with Gasteiger partial charge in [-0.15, -0.1) is 12.4 Å². The van der Waals surface area contributed by atoms with Crippen molar-refractivity contribution in [3.05, 3.63) is 82.9 Å². The number of amides is 1. The smallest absolute Gasteiger partial charge is 0.227 e. The van der Waals surface area contributed by atoms with Crippen molar-refractivity contribution in [2.75, 3.05) is 13.1 Å². The molecule has 0 aliphatic carbocycles. The lowest BCUT2D eigenvalue weighted by atomic mass is 10.1. The third-order valence-corrected chi connectivity index (χ3v) is 5.04. The van der Waals surface area contributed by atoms with Crippen molar-refractivity contribution < 1.29 is 9.18 Å². The topological polar surface area (TPSA) is 64.2 Å². The summed E-state index contributed by atoms with van der Waals surface area (Å²) in [6.07, 6.45) is 1.03. The molecule has 3 rings (SSSR count). The van der Waals surface area contributed by atoms with Crippen molar-refractivity contribution in [3.8, 4) is 5.69 Å². The van der Waals surface area contributed by atoms with Gasteiger partial charge in [-0.2, -0.15) is 5.10 Å². The normalized spacial score (nSPS) is 10.5. The van der Waals surface area contributed by atoms with Crippen LogP contribution >= 0.6 is 12.4 Å². The summed E-state index contributed by atoms with van der Waals surface area (Å²) in [4.78, 5) is 15.0. The fraction of sp³-hybridized carbons (Fsp3) is 0.304. The summed E-state index contributed by atoms with van der Waals surface area (Å²) in [6, 6.07) is 16.1. The fourth-order valence-corrected chi connectivity index (χ4v) is 3.41. The molecule has 0 bridgehead atoms. The molecule has 2 N–H and O–H groups in total. The summed E-state index contributed by atoms with van der Waals surface area (Å²) in [5.41, 5.74) is 10.1. The number of carbonyl (C=O) groups excluding carboxylic acids is 1. The van der Waals surface area contributed by atoms with E-state index in [-0.39, 0.29) is 30.6 Å². The average molecular weight is 431 g/mol. The van der Waals surface area contributed by atoms with E-state index in [4.69, 9.17) is 5.73 Å². The van der Waals surface area contributed by atoms with E-state index in [0.717, 1.165) is 34.6 Å². The number of halogens is 2. The van der Waals surface area contributed by atoms with Gasteiger partial charge in [0, 0.05) is 24.3 Å². The van der Waals surface area contributed by atoms with E-state index in [1.807, 2.05) is 49.1 Å². The highest BCUT2D eigenvalue weighted by atomic mass is 35.5. The Balaban J connectivity index is 0.00000320. The van der Waals surface area contributed by atoms with Crippen LogP contribution in [0.25, 0.3) is 5.69 Å². The zero-order chi connectivity index (χ0) is 20.8. The first kappa shape index (κ1) is 23.6. The molecule has 0 saturated carbocycles. The minimum absolute atomic E-state index is 0. The Kier molecular flexibility index (Phi) is 8.57. The van der Waals surface area contributed by atoms with Gasteiger partial charge in [-0.3, -0.25) is 4.79 Å². The molecule has 0 unspecified atom stereocenters. The Bertz CT molecular complexity index is 957. The lowest BCUT2D eigenvalue weighted by Crippen LogP contribution is -2.34. The van der Waals surface area contributed by atoms with E-state index in [0.29, 0.717) is 19.6 Å². The van der Waals surface area contributed by atoms with Crippen LogP contribution in [-0.4, -0.2) is 33.7 Å². The van der Waals surface area contributed by atoms with E-state index < -0.39 is 0 Å². The van der Waals surface area contributed by atoms with E-state index in [1.165, 1.54) is 12.1 Å². The predicted molar refractivity (Wildman–Crippen MR) is 119 cm³/mol. The second kappa shape index (κ2) is 10.9. The number of nitrogens with zero attached hydrogens (tertiary/aromatic N) is 3. The Morgan fingerprint density at radius 1 is 1.10 bits per heavy atom. The summed E-state index contributed by atoms with van der Waals surface area (Å²) < 4.78 is 15.0. The van der Waals surface area contributed by atoms with Crippen molar-refractivity contribution in [1.29, 1.82) is 0 Å². The maximum Gasteiger partial charge on any atom is 0.227 e. The second-order valence-electron chi connectivity index (χ2n) is 7.16. The largest absolute Gasteiger partial charge is 0.338 e. The van der Waals surface area contributed by atoms with Crippen LogP contribution in [0, 0.1) is 19.7 Å². The van der Waals surface area contributed by atoms with Gasteiger partial charge in [0.25, 0.3) is 0 Å². The number of hydrogen-bond donors (Lipinski definition) is 1. The van der Waals surface area contributed by atoms with Gasteiger partial charge in [-0.25, -0.2) is 9.07 Å².